The standard InChI is InChI=1S/C10H11N.ClH/c1-7-8(2)11-10-6-4-3-5-9(7)10;/h3-6,11H,1-2H3;1H. The zero-order chi connectivity index (χ0) is 7.84. The topological polar surface area (TPSA) is 15.8 Å². The Morgan fingerprint density at radius 3 is 2.42 bits per heavy atom. The van der Waals surface area contributed by atoms with Crippen LogP contribution in [0.25, 0.3) is 10.9 Å². The van der Waals surface area contributed by atoms with E-state index in [1.807, 2.05) is 0 Å². The Balaban J connectivity index is 0.000000720. The second kappa shape index (κ2) is 3.20. The lowest BCUT2D eigenvalue weighted by atomic mass is 10.2. The molecular weight excluding hydrogens is 170 g/mol. The second-order valence-corrected chi connectivity index (χ2v) is 2.92. The number of benzene rings is 1. The van der Waals surface area contributed by atoms with Gasteiger partial charge in [-0.1, -0.05) is 18.2 Å². The molecule has 0 saturated heterocycles. The van der Waals surface area contributed by atoms with Gasteiger partial charge in [0.15, 0.2) is 0 Å². The zero-order valence-electron chi connectivity index (χ0n) is 7.22. The van der Waals surface area contributed by atoms with E-state index in [4.69, 9.17) is 0 Å². The van der Waals surface area contributed by atoms with Crippen molar-refractivity contribution in [2.24, 2.45) is 0 Å². The maximum absolute atomic E-state index is 3.33. The molecule has 0 amide bonds. The molecule has 0 spiro atoms. The first-order valence-corrected chi connectivity index (χ1v) is 3.83. The first kappa shape index (κ1) is 9.14. The molecule has 0 aliphatic heterocycles. The number of hydrogen-bond acceptors (Lipinski definition) is 0. The summed E-state index contributed by atoms with van der Waals surface area (Å²) >= 11 is 0. The van der Waals surface area contributed by atoms with Gasteiger partial charge in [-0.2, -0.15) is 0 Å². The molecule has 0 unspecified atom stereocenters. The molecule has 0 saturated carbocycles. The summed E-state index contributed by atoms with van der Waals surface area (Å²) < 4.78 is 0. The van der Waals surface area contributed by atoms with E-state index >= 15 is 0 Å². The fraction of sp³-hybridized carbons (Fsp3) is 0.200. The van der Waals surface area contributed by atoms with E-state index in [0.29, 0.717) is 0 Å². The molecule has 0 radical (unpaired) electrons. The van der Waals surface area contributed by atoms with Crippen LogP contribution in [0, 0.1) is 13.8 Å². The van der Waals surface area contributed by atoms with Gasteiger partial charge in [0.25, 0.3) is 0 Å². The van der Waals surface area contributed by atoms with Crippen LogP contribution in [-0.2, 0) is 0 Å². The monoisotopic (exact) mass is 181 g/mol. The molecule has 2 aromatic rings. The highest BCUT2D eigenvalue weighted by Crippen LogP contribution is 2.19. The molecule has 1 aromatic carbocycles. The Kier molecular flexibility index (Phi) is 2.43. The molecule has 2 rings (SSSR count). The molecule has 0 atom stereocenters. The number of H-pyrrole nitrogens is 1. The van der Waals surface area contributed by atoms with Crippen molar-refractivity contribution in [2.75, 3.05) is 0 Å². The Morgan fingerprint density at radius 1 is 1.08 bits per heavy atom. The Hall–Kier alpha value is -0.950. The van der Waals surface area contributed by atoms with Gasteiger partial charge in [0, 0.05) is 16.6 Å². The lowest BCUT2D eigenvalue weighted by Gasteiger charge is -1.87. The number of fused-ring (bicyclic) bond motifs is 1. The maximum atomic E-state index is 3.33. The zero-order valence-corrected chi connectivity index (χ0v) is 8.03. The van der Waals surface area contributed by atoms with Gasteiger partial charge >= 0.3 is 0 Å². The minimum absolute atomic E-state index is 0. The highest BCUT2D eigenvalue weighted by Gasteiger charge is 2.00. The minimum Gasteiger partial charge on any atom is -0.358 e. The molecular formula is C10H12ClN. The smallest absolute Gasteiger partial charge is 0.0458 e. The highest BCUT2D eigenvalue weighted by atomic mass is 35.5. The highest BCUT2D eigenvalue weighted by molar-refractivity contribution is 5.85. The summed E-state index contributed by atoms with van der Waals surface area (Å²) in [6.07, 6.45) is 0. The average molecular weight is 182 g/mol. The fourth-order valence-corrected chi connectivity index (χ4v) is 1.42. The van der Waals surface area contributed by atoms with E-state index in [1.54, 1.807) is 0 Å². The molecule has 0 aliphatic rings. The normalized spacial score (nSPS) is 9.83. The van der Waals surface area contributed by atoms with Crippen LogP contribution in [0.2, 0.25) is 0 Å². The largest absolute Gasteiger partial charge is 0.358 e. The molecule has 1 N–H and O–H groups in total. The molecule has 1 nitrogen and oxygen atoms in total. The van der Waals surface area contributed by atoms with Crippen LogP contribution in [0.4, 0.5) is 0 Å². The van der Waals surface area contributed by atoms with Crippen LogP contribution in [0.15, 0.2) is 24.3 Å². The van der Waals surface area contributed by atoms with Crippen LogP contribution in [0.5, 0.6) is 0 Å². The number of nitrogens with one attached hydrogen (secondary N) is 1. The van der Waals surface area contributed by atoms with E-state index in [1.165, 1.54) is 22.2 Å². The van der Waals surface area contributed by atoms with Crippen molar-refractivity contribution in [3.8, 4) is 0 Å². The van der Waals surface area contributed by atoms with Gasteiger partial charge < -0.3 is 4.98 Å². The van der Waals surface area contributed by atoms with Crippen molar-refractivity contribution >= 4 is 23.3 Å². The number of rotatable bonds is 0. The van der Waals surface area contributed by atoms with Crippen molar-refractivity contribution in [3.05, 3.63) is 35.5 Å². The predicted molar refractivity (Wildman–Crippen MR) is 55.0 cm³/mol. The molecule has 0 fully saturated rings. The van der Waals surface area contributed by atoms with Gasteiger partial charge in [0.05, 0.1) is 0 Å². The van der Waals surface area contributed by atoms with E-state index in [0.717, 1.165) is 0 Å². The van der Waals surface area contributed by atoms with Gasteiger partial charge in [-0.15, -0.1) is 12.4 Å². The summed E-state index contributed by atoms with van der Waals surface area (Å²) in [7, 11) is 0. The molecule has 12 heavy (non-hydrogen) atoms. The lowest BCUT2D eigenvalue weighted by molar-refractivity contribution is 1.25. The van der Waals surface area contributed by atoms with E-state index in [-0.39, 0.29) is 12.4 Å². The Morgan fingerprint density at radius 2 is 1.75 bits per heavy atom. The van der Waals surface area contributed by atoms with Gasteiger partial charge in [-0.3, -0.25) is 0 Å². The first-order valence-electron chi connectivity index (χ1n) is 3.83. The van der Waals surface area contributed by atoms with E-state index < -0.39 is 0 Å². The second-order valence-electron chi connectivity index (χ2n) is 2.92. The van der Waals surface area contributed by atoms with Crippen LogP contribution in [0.1, 0.15) is 11.3 Å². The molecule has 2 heteroatoms. The van der Waals surface area contributed by atoms with Gasteiger partial charge in [-0.25, -0.2) is 0 Å². The van der Waals surface area contributed by atoms with Crippen molar-refractivity contribution in [2.45, 2.75) is 13.8 Å². The van der Waals surface area contributed by atoms with Crippen LogP contribution in [-0.4, -0.2) is 4.98 Å². The summed E-state index contributed by atoms with van der Waals surface area (Å²) in [5, 5.41) is 1.34. The van der Waals surface area contributed by atoms with Gasteiger partial charge in [-0.05, 0) is 25.5 Å². The van der Waals surface area contributed by atoms with Crippen LogP contribution >= 0.6 is 12.4 Å². The third-order valence-corrected chi connectivity index (χ3v) is 2.22. The van der Waals surface area contributed by atoms with Crippen LogP contribution < -0.4 is 0 Å². The summed E-state index contributed by atoms with van der Waals surface area (Å²) in [4.78, 5) is 3.33. The number of hydrogen-bond donors (Lipinski definition) is 1. The third kappa shape index (κ3) is 1.21. The van der Waals surface area contributed by atoms with Crippen molar-refractivity contribution in [3.63, 3.8) is 0 Å². The molecule has 0 bridgehead atoms. The molecule has 64 valence electrons. The number of aryl methyl sites for hydroxylation is 2. The lowest BCUT2D eigenvalue weighted by Crippen LogP contribution is -1.70. The molecule has 1 aromatic heterocycles. The summed E-state index contributed by atoms with van der Waals surface area (Å²) in [6.45, 7) is 4.25. The minimum atomic E-state index is 0. The van der Waals surface area contributed by atoms with Gasteiger partial charge in [0.1, 0.15) is 0 Å². The van der Waals surface area contributed by atoms with Gasteiger partial charge in [0.2, 0.25) is 0 Å². The summed E-state index contributed by atoms with van der Waals surface area (Å²) in [6, 6.07) is 8.38. The number of para-hydroxylation sites is 1. The molecule has 0 aliphatic carbocycles. The van der Waals surface area contributed by atoms with Crippen LogP contribution in [0.3, 0.4) is 0 Å². The van der Waals surface area contributed by atoms with Crippen molar-refractivity contribution < 1.29 is 0 Å². The predicted octanol–water partition coefficient (Wildman–Crippen LogP) is 3.21. The molecule has 1 heterocycles. The summed E-state index contributed by atoms with van der Waals surface area (Å²) in [5.74, 6) is 0. The first-order chi connectivity index (χ1) is 5.29. The quantitative estimate of drug-likeness (QED) is 0.643. The Bertz CT molecular complexity index is 390. The SMILES string of the molecule is Cc1[nH]c2ccccc2c1C.Cl. The number of halogens is 1. The van der Waals surface area contributed by atoms with E-state index in [9.17, 15) is 0 Å². The summed E-state index contributed by atoms with van der Waals surface area (Å²) in [5.41, 5.74) is 3.87. The number of aromatic amines is 1. The number of aromatic nitrogens is 1. The maximum Gasteiger partial charge on any atom is 0.0458 e. The average Bonchev–Trinajstić information content (AvgIpc) is 2.30. The van der Waals surface area contributed by atoms with Crippen molar-refractivity contribution in [1.82, 2.24) is 4.98 Å². The third-order valence-electron chi connectivity index (χ3n) is 2.22. The van der Waals surface area contributed by atoms with E-state index in [2.05, 4.69) is 43.1 Å². The Labute approximate surface area is 78.2 Å². The fourth-order valence-electron chi connectivity index (χ4n) is 1.42. The van der Waals surface area contributed by atoms with Crippen molar-refractivity contribution in [1.29, 1.82) is 0 Å².